The van der Waals surface area contributed by atoms with E-state index < -0.39 is 13.5 Å². The van der Waals surface area contributed by atoms with Gasteiger partial charge in [-0.05, 0) is 63.1 Å². The fourth-order valence-corrected chi connectivity index (χ4v) is 14.5. The van der Waals surface area contributed by atoms with Crippen molar-refractivity contribution in [2.45, 2.75) is 19.3 Å². The van der Waals surface area contributed by atoms with E-state index in [0.717, 1.165) is 71.4 Å². The molecule has 7 heteroatoms. The molecule has 1 aliphatic heterocycles. The third-order valence-corrected chi connectivity index (χ3v) is 17.2. The van der Waals surface area contributed by atoms with Crippen LogP contribution in [-0.2, 0) is 26.5 Å². The summed E-state index contributed by atoms with van der Waals surface area (Å²) in [6, 6.07) is 67.1. The van der Waals surface area contributed by atoms with Crippen LogP contribution >= 0.6 is 0 Å². The van der Waals surface area contributed by atoms with Gasteiger partial charge in [-0.1, -0.05) is 128 Å². The number of para-hydroxylation sites is 2. The van der Waals surface area contributed by atoms with E-state index in [1.807, 2.05) is 24.5 Å². The fraction of sp³-hybridized carbons (Fsp3) is 0.0566. The number of nitrogens with zero attached hydrogens (tertiary/aromatic N) is 4. The third-order valence-electron chi connectivity index (χ3n) is 12.6. The molecule has 11 aromatic rings. The van der Waals surface area contributed by atoms with Crippen LogP contribution < -0.4 is 25.6 Å². The molecule has 0 saturated heterocycles. The van der Waals surface area contributed by atoms with Crippen LogP contribution in [0.1, 0.15) is 25.0 Å². The van der Waals surface area contributed by atoms with Crippen molar-refractivity contribution in [2.24, 2.45) is 0 Å². The van der Waals surface area contributed by atoms with Gasteiger partial charge in [0.1, 0.15) is 25.1 Å². The van der Waals surface area contributed by atoms with E-state index in [1.54, 1.807) is 0 Å². The first-order valence-electron chi connectivity index (χ1n) is 20.1. The topological polar surface area (TPSA) is 46.6 Å². The monoisotopic (exact) mass is 967 g/mol. The van der Waals surface area contributed by atoms with Crippen LogP contribution in [0.2, 0.25) is 0 Å². The summed E-state index contributed by atoms with van der Waals surface area (Å²) in [6.07, 6.45) is 5.82. The van der Waals surface area contributed by atoms with Crippen molar-refractivity contribution in [3.8, 4) is 0 Å². The summed E-state index contributed by atoms with van der Waals surface area (Å²) in [4.78, 5) is 12.3. The molecule has 1 aliphatic rings. The van der Waals surface area contributed by atoms with Crippen molar-refractivity contribution in [2.75, 3.05) is 4.90 Å². The number of fused-ring (bicyclic) bond motifs is 12. The smallest absolute Gasteiger partial charge is 0.456 e. The van der Waals surface area contributed by atoms with Gasteiger partial charge in [0.15, 0.2) is 0 Å². The molecule has 0 bridgehead atoms. The van der Waals surface area contributed by atoms with Crippen molar-refractivity contribution in [1.29, 1.82) is 0 Å². The predicted octanol–water partition coefficient (Wildman–Crippen LogP) is 10.0. The normalized spacial score (nSPS) is 13.5. The number of aromatic nitrogens is 3. The number of hydrogen-bond acceptors (Lipinski definition) is 4. The Kier molecular flexibility index (Phi) is 8.35. The van der Waals surface area contributed by atoms with Gasteiger partial charge in [-0.2, -0.15) is 23.4 Å². The Hall–Kier alpha value is -6.59. The molecule has 0 unspecified atom stereocenters. The minimum absolute atomic E-state index is 0. The number of pyridine rings is 2. The standard InChI is InChI=1S/C53H36N4OSi.Pt/c1-53(2)43-27-25-38(34-46(43)57(49-23-13-14-30-54-49)45-28-29-48-50(51(45)53)41-20-10-12-22-47(41)58-48)59(35-15-5-3-6-16-35,36-17-7-4-8-18-36)37-24-26-39-40-19-9-11-21-44(40)56-32-31-55-52(56)42(39)33-37;/h3-32H,1-2H3;/q-2;+2. The Morgan fingerprint density at radius 2 is 1.27 bits per heavy atom. The van der Waals surface area contributed by atoms with Crippen molar-refractivity contribution in [3.05, 3.63) is 206 Å². The SMILES string of the molecule is CC1(C)c2ccc([Si](c3[c-]c4c(cc3)c3ccccc3n3ccnc43)(c3ccccc3)c3ccccc3)[c-]c2N(c2ccccn2)c2ccc3oc4ccccc4c3c21.[Pt+2]. The van der Waals surface area contributed by atoms with E-state index in [4.69, 9.17) is 14.4 Å². The molecule has 0 N–H and O–H groups in total. The minimum Gasteiger partial charge on any atom is -0.456 e. The maximum atomic E-state index is 6.48. The molecule has 60 heavy (non-hydrogen) atoms. The van der Waals surface area contributed by atoms with Gasteiger partial charge >= 0.3 is 21.1 Å². The van der Waals surface area contributed by atoms with Crippen LogP contribution in [0.5, 0.6) is 0 Å². The zero-order chi connectivity index (χ0) is 39.3. The second-order valence-corrected chi connectivity index (χ2v) is 19.7. The number of rotatable bonds is 5. The van der Waals surface area contributed by atoms with Gasteiger partial charge in [-0.3, -0.25) is 4.98 Å². The zero-order valence-electron chi connectivity index (χ0n) is 32.8. The number of anilines is 3. The Labute approximate surface area is 362 Å². The molecule has 0 amide bonds. The maximum absolute atomic E-state index is 6.48. The van der Waals surface area contributed by atoms with Crippen LogP contribution in [0.15, 0.2) is 187 Å². The van der Waals surface area contributed by atoms with Crippen LogP contribution in [0.4, 0.5) is 17.2 Å². The fourth-order valence-electron chi connectivity index (χ4n) is 10.0. The van der Waals surface area contributed by atoms with Crippen LogP contribution in [0.25, 0.3) is 49.3 Å². The molecule has 0 atom stereocenters. The minimum atomic E-state index is -3.16. The molecule has 0 fully saturated rings. The molecule has 7 aromatic carbocycles. The number of hydrogen-bond donors (Lipinski definition) is 0. The van der Waals surface area contributed by atoms with Gasteiger partial charge in [0.25, 0.3) is 0 Å². The third kappa shape index (κ3) is 5.08. The molecule has 5 nitrogen and oxygen atoms in total. The van der Waals surface area contributed by atoms with Crippen LogP contribution in [0, 0.1) is 12.1 Å². The van der Waals surface area contributed by atoms with E-state index in [0.29, 0.717) is 0 Å². The maximum Gasteiger partial charge on any atom is 2.00 e. The van der Waals surface area contributed by atoms with Crippen LogP contribution in [0.3, 0.4) is 0 Å². The number of furan rings is 1. The summed E-state index contributed by atoms with van der Waals surface area (Å²) in [5, 5.41) is 10.4. The van der Waals surface area contributed by atoms with Crippen molar-refractivity contribution < 1.29 is 25.5 Å². The predicted molar refractivity (Wildman–Crippen MR) is 243 cm³/mol. The van der Waals surface area contributed by atoms with Crippen molar-refractivity contribution in [3.63, 3.8) is 0 Å². The summed E-state index contributed by atoms with van der Waals surface area (Å²) in [5.74, 6) is 0.837. The second kappa shape index (κ2) is 13.7. The summed E-state index contributed by atoms with van der Waals surface area (Å²) < 4.78 is 8.68. The first-order chi connectivity index (χ1) is 29.0. The van der Waals surface area contributed by atoms with Gasteiger partial charge in [0, 0.05) is 40.6 Å². The molecule has 0 saturated carbocycles. The molecular weight excluding hydrogens is 932 g/mol. The summed E-state index contributed by atoms with van der Waals surface area (Å²) in [5.41, 5.74) is 7.85. The van der Waals surface area contributed by atoms with Crippen molar-refractivity contribution in [1.82, 2.24) is 14.4 Å². The average molecular weight is 968 g/mol. The van der Waals surface area contributed by atoms with Crippen LogP contribution in [-0.4, -0.2) is 22.4 Å². The molecule has 4 aromatic heterocycles. The molecule has 0 spiro atoms. The van der Waals surface area contributed by atoms with Crippen molar-refractivity contribution >= 4 is 95.3 Å². The number of imidazole rings is 1. The molecule has 12 rings (SSSR count). The van der Waals surface area contributed by atoms with E-state index in [1.165, 1.54) is 26.9 Å². The largest absolute Gasteiger partial charge is 2.00 e. The van der Waals surface area contributed by atoms with Gasteiger partial charge in [-0.25, -0.2) is 4.98 Å². The average Bonchev–Trinajstić information content (AvgIpc) is 3.94. The first-order valence-corrected chi connectivity index (χ1v) is 22.1. The van der Waals surface area contributed by atoms with Gasteiger partial charge in [0.05, 0.1) is 5.65 Å². The van der Waals surface area contributed by atoms with E-state index in [2.05, 4.69) is 193 Å². The second-order valence-electron chi connectivity index (χ2n) is 16.0. The Morgan fingerprint density at radius 1 is 0.583 bits per heavy atom. The Bertz CT molecular complexity index is 3400. The molecule has 5 heterocycles. The Morgan fingerprint density at radius 3 is 2.03 bits per heavy atom. The summed E-state index contributed by atoms with van der Waals surface area (Å²) in [7, 11) is -3.16. The number of benzene rings is 7. The Balaban J connectivity index is 0.00000408. The summed E-state index contributed by atoms with van der Waals surface area (Å²) >= 11 is 0. The molecule has 0 aliphatic carbocycles. The van der Waals surface area contributed by atoms with E-state index >= 15 is 0 Å². The van der Waals surface area contributed by atoms with Gasteiger partial charge in [-0.15, -0.1) is 34.3 Å². The summed E-state index contributed by atoms with van der Waals surface area (Å²) in [6.45, 7) is 4.68. The molecule has 288 valence electrons. The zero-order valence-corrected chi connectivity index (χ0v) is 36.1. The quantitative estimate of drug-likeness (QED) is 0.0747. The first kappa shape index (κ1) is 36.5. The van der Waals surface area contributed by atoms with Gasteiger partial charge in [0.2, 0.25) is 0 Å². The molecular formula is C53H36N4OPtSi. The molecule has 0 radical (unpaired) electrons. The van der Waals surface area contributed by atoms with E-state index in [9.17, 15) is 0 Å². The van der Waals surface area contributed by atoms with Gasteiger partial charge < -0.3 is 13.7 Å². The van der Waals surface area contributed by atoms with E-state index in [-0.39, 0.29) is 21.1 Å².